The van der Waals surface area contributed by atoms with Crippen LogP contribution in [-0.2, 0) is 9.53 Å². The van der Waals surface area contributed by atoms with Crippen molar-refractivity contribution >= 4 is 23.4 Å². The second-order valence-corrected chi connectivity index (χ2v) is 8.72. The highest BCUT2D eigenvalue weighted by molar-refractivity contribution is 8.03. The Morgan fingerprint density at radius 3 is 2.78 bits per heavy atom. The summed E-state index contributed by atoms with van der Waals surface area (Å²) in [5.74, 6) is 1.08. The van der Waals surface area contributed by atoms with E-state index >= 15 is 0 Å². The van der Waals surface area contributed by atoms with Crippen LogP contribution in [0.2, 0.25) is 0 Å². The number of benzene rings is 1. The van der Waals surface area contributed by atoms with Crippen molar-refractivity contribution in [3.8, 4) is 0 Å². The molecule has 1 aliphatic carbocycles. The van der Waals surface area contributed by atoms with Gasteiger partial charge in [0.25, 0.3) is 0 Å². The highest BCUT2D eigenvalue weighted by Gasteiger charge is 2.18. The number of nitrogens with zero attached hydrogens (tertiary/aromatic N) is 1. The Labute approximate surface area is 196 Å². The summed E-state index contributed by atoms with van der Waals surface area (Å²) in [6, 6.07) is 8.51. The zero-order valence-corrected chi connectivity index (χ0v) is 20.4. The maximum Gasteiger partial charge on any atom is 0.223 e. The van der Waals surface area contributed by atoms with Crippen molar-refractivity contribution in [2.75, 3.05) is 13.7 Å². The molecule has 1 aliphatic heterocycles. The van der Waals surface area contributed by atoms with Crippen LogP contribution in [0, 0.1) is 0 Å². The summed E-state index contributed by atoms with van der Waals surface area (Å²) in [6.45, 7) is 10.5. The van der Waals surface area contributed by atoms with Crippen molar-refractivity contribution in [1.82, 2.24) is 5.32 Å². The fourth-order valence-electron chi connectivity index (χ4n) is 3.18. The predicted molar refractivity (Wildman–Crippen MR) is 137 cm³/mol. The molecule has 0 saturated heterocycles. The molecule has 3 rings (SSSR count). The largest absolute Gasteiger partial charge is 0.500 e. The van der Waals surface area contributed by atoms with Crippen LogP contribution in [0.4, 0.5) is 0 Å². The second kappa shape index (κ2) is 13.6. The fourth-order valence-corrected chi connectivity index (χ4v) is 4.14. The van der Waals surface area contributed by atoms with Gasteiger partial charge in [0.05, 0.1) is 12.8 Å². The molecule has 1 aromatic rings. The topological polar surface area (TPSA) is 50.7 Å². The molecule has 0 bridgehead atoms. The molecule has 0 saturated carbocycles. The van der Waals surface area contributed by atoms with E-state index in [2.05, 4.69) is 74.3 Å². The van der Waals surface area contributed by atoms with E-state index in [9.17, 15) is 4.79 Å². The van der Waals surface area contributed by atoms with Crippen LogP contribution >= 0.6 is 11.8 Å². The molecule has 0 aromatic heterocycles. The third-order valence-electron chi connectivity index (χ3n) is 4.99. The lowest BCUT2D eigenvalue weighted by atomic mass is 10.00. The minimum atomic E-state index is 0.0619. The molecular formula is C27H34N2O2S. The van der Waals surface area contributed by atoms with E-state index in [4.69, 9.17) is 9.73 Å². The molecule has 170 valence electrons. The van der Waals surface area contributed by atoms with E-state index in [0.717, 1.165) is 43.0 Å². The Balaban J connectivity index is 0.000000344. The van der Waals surface area contributed by atoms with Gasteiger partial charge in [-0.05, 0) is 31.9 Å². The molecule has 1 amide bonds. The van der Waals surface area contributed by atoms with Gasteiger partial charge in [0.15, 0.2) is 0 Å². The Morgan fingerprint density at radius 2 is 2.06 bits per heavy atom. The first-order chi connectivity index (χ1) is 15.5. The number of fused-ring (bicyclic) bond motifs is 1. The predicted octanol–water partition coefficient (Wildman–Crippen LogP) is 6.73. The van der Waals surface area contributed by atoms with Gasteiger partial charge in [0.1, 0.15) is 5.76 Å². The number of allylic oxidation sites excluding steroid dienone is 7. The first kappa shape index (κ1) is 25.5. The number of hydrogen-bond donors (Lipinski definition) is 1. The van der Waals surface area contributed by atoms with Crippen molar-refractivity contribution in [2.24, 2.45) is 4.99 Å². The lowest BCUT2D eigenvalue weighted by molar-refractivity contribution is -0.120. The summed E-state index contributed by atoms with van der Waals surface area (Å²) in [5, 5.41) is 2.72. The van der Waals surface area contributed by atoms with Gasteiger partial charge in [-0.3, -0.25) is 9.79 Å². The quantitative estimate of drug-likeness (QED) is 0.469. The summed E-state index contributed by atoms with van der Waals surface area (Å²) in [6.07, 6.45) is 13.0. The maximum absolute atomic E-state index is 10.6. The minimum Gasteiger partial charge on any atom is -0.500 e. The third kappa shape index (κ3) is 7.72. The summed E-state index contributed by atoms with van der Waals surface area (Å²) in [4.78, 5) is 18.1. The number of aliphatic imine (C=N–C) groups is 1. The molecule has 1 N–H and O–H groups in total. The lowest BCUT2D eigenvalue weighted by Crippen LogP contribution is -2.22. The molecule has 0 radical (unpaired) electrons. The smallest absolute Gasteiger partial charge is 0.223 e. The van der Waals surface area contributed by atoms with Crippen molar-refractivity contribution in [3.05, 3.63) is 88.7 Å². The van der Waals surface area contributed by atoms with Crippen LogP contribution in [0.1, 0.15) is 52.0 Å². The van der Waals surface area contributed by atoms with Crippen LogP contribution in [0.3, 0.4) is 0 Å². The molecule has 1 aromatic carbocycles. The molecule has 0 atom stereocenters. The van der Waals surface area contributed by atoms with Crippen LogP contribution in [0.15, 0.2) is 93.0 Å². The zero-order chi connectivity index (χ0) is 23.3. The molecule has 0 fully saturated rings. The number of rotatable bonds is 7. The lowest BCUT2D eigenvalue weighted by Gasteiger charge is -2.13. The van der Waals surface area contributed by atoms with Crippen LogP contribution < -0.4 is 5.32 Å². The van der Waals surface area contributed by atoms with E-state index in [1.807, 2.05) is 6.92 Å². The van der Waals surface area contributed by atoms with Gasteiger partial charge in [-0.1, -0.05) is 67.3 Å². The Bertz CT molecular complexity index is 968. The molecule has 1 heterocycles. The Kier molecular flexibility index (Phi) is 10.8. The monoisotopic (exact) mass is 450 g/mol. The summed E-state index contributed by atoms with van der Waals surface area (Å²) < 4.78 is 5.60. The van der Waals surface area contributed by atoms with Crippen molar-refractivity contribution in [3.63, 3.8) is 0 Å². The van der Waals surface area contributed by atoms with Gasteiger partial charge in [-0.2, -0.15) is 0 Å². The van der Waals surface area contributed by atoms with E-state index in [0.29, 0.717) is 6.42 Å². The fraction of sp³-hybridized carbons (Fsp3) is 0.333. The Morgan fingerprint density at radius 1 is 1.28 bits per heavy atom. The molecule has 0 unspecified atom stereocenters. The zero-order valence-electron chi connectivity index (χ0n) is 19.6. The number of nitrogens with one attached hydrogen (secondary N) is 1. The average Bonchev–Trinajstić information content (AvgIpc) is 3.08. The van der Waals surface area contributed by atoms with Crippen LogP contribution in [0.25, 0.3) is 0 Å². The molecule has 32 heavy (non-hydrogen) atoms. The average molecular weight is 451 g/mol. The highest BCUT2D eigenvalue weighted by Crippen LogP contribution is 2.36. The van der Waals surface area contributed by atoms with Crippen molar-refractivity contribution in [2.45, 2.75) is 51.3 Å². The molecule has 4 nitrogen and oxygen atoms in total. The molecular weight excluding hydrogens is 416 g/mol. The SMILES string of the molecule is C=CCC(=O)NCCC.COC1=C(CC2=NC(C)=C(C)Sc3ccccc32)C=CC=CC1. The number of amides is 1. The first-order valence-corrected chi connectivity index (χ1v) is 11.8. The Hall–Kier alpha value is -2.79. The summed E-state index contributed by atoms with van der Waals surface area (Å²) in [7, 11) is 1.75. The third-order valence-corrected chi connectivity index (χ3v) is 6.16. The van der Waals surface area contributed by atoms with Crippen LogP contribution in [-0.4, -0.2) is 25.3 Å². The second-order valence-electron chi connectivity index (χ2n) is 7.46. The molecule has 5 heteroatoms. The number of thioether (sulfide) groups is 1. The van der Waals surface area contributed by atoms with E-state index in [1.165, 1.54) is 20.9 Å². The normalized spacial score (nSPS) is 15.1. The summed E-state index contributed by atoms with van der Waals surface area (Å²) >= 11 is 1.80. The van der Waals surface area contributed by atoms with Crippen molar-refractivity contribution < 1.29 is 9.53 Å². The number of methoxy groups -OCH3 is 1. The minimum absolute atomic E-state index is 0.0619. The highest BCUT2D eigenvalue weighted by atomic mass is 32.2. The number of ether oxygens (including phenoxy) is 1. The number of carbonyl (C=O) groups is 1. The maximum atomic E-state index is 10.6. The molecule has 0 spiro atoms. The van der Waals surface area contributed by atoms with Gasteiger partial charge in [-0.15, -0.1) is 6.58 Å². The number of carbonyl (C=O) groups excluding carboxylic acids is 1. The van der Waals surface area contributed by atoms with E-state index in [1.54, 1.807) is 24.9 Å². The number of hydrogen-bond acceptors (Lipinski definition) is 4. The summed E-state index contributed by atoms with van der Waals surface area (Å²) in [5.41, 5.74) is 4.63. The van der Waals surface area contributed by atoms with Gasteiger partial charge >= 0.3 is 0 Å². The standard InChI is InChI=1S/C20H21NOS.C7H13NO/c1-14-15(2)23-20-12-8-7-10-17(20)18(21-14)13-16-9-5-4-6-11-19(16)22-3;1-3-5-7(9)8-6-4-2/h4-10,12H,11,13H2,1-3H3;3H,1,4-6H2,2H3,(H,8,9). The van der Waals surface area contributed by atoms with Crippen LogP contribution in [0.5, 0.6) is 0 Å². The van der Waals surface area contributed by atoms with Crippen molar-refractivity contribution in [1.29, 1.82) is 0 Å². The van der Waals surface area contributed by atoms with Gasteiger partial charge in [-0.25, -0.2) is 0 Å². The van der Waals surface area contributed by atoms with Gasteiger partial charge in [0.2, 0.25) is 5.91 Å². The first-order valence-electron chi connectivity index (χ1n) is 11.0. The van der Waals surface area contributed by atoms with E-state index in [-0.39, 0.29) is 5.91 Å². The van der Waals surface area contributed by atoms with E-state index < -0.39 is 0 Å². The van der Waals surface area contributed by atoms with Gasteiger partial charge in [0, 0.05) is 46.9 Å². The van der Waals surface area contributed by atoms with Gasteiger partial charge < -0.3 is 10.1 Å². The molecule has 2 aliphatic rings.